The van der Waals surface area contributed by atoms with E-state index in [0.717, 1.165) is 0 Å². The number of thiol groups is 1. The van der Waals surface area contributed by atoms with Gasteiger partial charge in [-0.05, 0) is 6.92 Å². The maximum atomic E-state index is 11.8. The number of rotatable bonds is 10. The number of amides is 3. The maximum absolute atomic E-state index is 11.8. The molecule has 0 aliphatic heterocycles. The number of aromatic nitrogens is 2. The lowest BCUT2D eigenvalue weighted by Crippen LogP contribution is -2.53. The first-order valence-corrected chi connectivity index (χ1v) is 8.31. The lowest BCUT2D eigenvalue weighted by atomic mass is 10.1. The molecule has 3 amide bonds. The summed E-state index contributed by atoms with van der Waals surface area (Å²) in [6.07, 6.45) is 3.23. The molecule has 12 heteroatoms. The molecule has 1 rings (SSSR count). The molecule has 1 heterocycles. The van der Waals surface area contributed by atoms with Crippen LogP contribution in [0.3, 0.4) is 0 Å². The van der Waals surface area contributed by atoms with E-state index in [1.54, 1.807) is 0 Å². The van der Waals surface area contributed by atoms with Crippen molar-refractivity contribution in [3.8, 4) is 0 Å². The standard InChI is InChI=1S/C14H22N6O5S/c1-7(12(22)20-10(5-26)14(24)25)19-11(21)4-17-13(23)9(15)2-8-3-16-6-18-8/h3,6-7,9-10,26H,2,4-5,15H2,1H3,(H,16,18)(H,17,23)(H,19,21)(H,20,22)(H,24,25). The molecular weight excluding hydrogens is 364 g/mol. The molecule has 3 atom stereocenters. The van der Waals surface area contributed by atoms with Gasteiger partial charge in [0, 0.05) is 24.1 Å². The molecule has 11 nitrogen and oxygen atoms in total. The summed E-state index contributed by atoms with van der Waals surface area (Å²) in [6, 6.07) is -3.01. The average Bonchev–Trinajstić information content (AvgIpc) is 3.09. The van der Waals surface area contributed by atoms with E-state index in [0.29, 0.717) is 5.69 Å². The third-order valence-corrected chi connectivity index (χ3v) is 3.69. The number of aliphatic carboxylic acids is 1. The van der Waals surface area contributed by atoms with Crippen LogP contribution in [0.25, 0.3) is 0 Å². The predicted octanol–water partition coefficient (Wildman–Crippen LogP) is -2.60. The van der Waals surface area contributed by atoms with Gasteiger partial charge in [0.1, 0.15) is 12.1 Å². The molecule has 0 saturated carbocycles. The van der Waals surface area contributed by atoms with Crippen molar-refractivity contribution in [1.82, 2.24) is 25.9 Å². The van der Waals surface area contributed by atoms with E-state index in [-0.39, 0.29) is 18.7 Å². The molecule has 1 aromatic heterocycles. The monoisotopic (exact) mass is 386 g/mol. The van der Waals surface area contributed by atoms with Crippen molar-refractivity contribution in [1.29, 1.82) is 0 Å². The zero-order valence-corrected chi connectivity index (χ0v) is 15.0. The second kappa shape index (κ2) is 10.4. The summed E-state index contributed by atoms with van der Waals surface area (Å²) in [5, 5.41) is 15.8. The molecule has 0 aliphatic carbocycles. The van der Waals surface area contributed by atoms with Gasteiger partial charge in [-0.2, -0.15) is 12.6 Å². The fourth-order valence-corrected chi connectivity index (χ4v) is 2.11. The van der Waals surface area contributed by atoms with Gasteiger partial charge in [-0.15, -0.1) is 0 Å². The molecule has 0 aliphatic rings. The summed E-state index contributed by atoms with van der Waals surface area (Å²) in [5.74, 6) is -3.15. The number of nitrogens with one attached hydrogen (secondary N) is 4. The first-order chi connectivity index (χ1) is 12.2. The summed E-state index contributed by atoms with van der Waals surface area (Å²) < 4.78 is 0. The molecule has 3 unspecified atom stereocenters. The lowest BCUT2D eigenvalue weighted by Gasteiger charge is -2.18. The highest BCUT2D eigenvalue weighted by atomic mass is 32.1. The molecular formula is C14H22N6O5S. The minimum atomic E-state index is -1.23. The number of hydrogen-bond donors (Lipinski definition) is 7. The number of nitrogens with zero attached hydrogens (tertiary/aromatic N) is 1. The number of aromatic amines is 1. The highest BCUT2D eigenvalue weighted by molar-refractivity contribution is 7.80. The van der Waals surface area contributed by atoms with Gasteiger partial charge < -0.3 is 31.8 Å². The minimum Gasteiger partial charge on any atom is -0.480 e. The summed E-state index contributed by atoms with van der Waals surface area (Å²) in [4.78, 5) is 53.0. The van der Waals surface area contributed by atoms with Crippen LogP contribution in [0.15, 0.2) is 12.5 Å². The van der Waals surface area contributed by atoms with E-state index < -0.39 is 41.8 Å². The fraction of sp³-hybridized carbons (Fsp3) is 0.500. The van der Waals surface area contributed by atoms with Crippen molar-refractivity contribution in [3.63, 3.8) is 0 Å². The van der Waals surface area contributed by atoms with Crippen LogP contribution in [0.4, 0.5) is 0 Å². The van der Waals surface area contributed by atoms with Crippen LogP contribution in [0.2, 0.25) is 0 Å². The Morgan fingerprint density at radius 1 is 1.31 bits per heavy atom. The fourth-order valence-electron chi connectivity index (χ4n) is 1.86. The third kappa shape index (κ3) is 7.11. The second-order valence-corrected chi connectivity index (χ2v) is 5.84. The summed E-state index contributed by atoms with van der Waals surface area (Å²) in [7, 11) is 0. The summed E-state index contributed by atoms with van der Waals surface area (Å²) >= 11 is 3.83. The zero-order chi connectivity index (χ0) is 19.7. The van der Waals surface area contributed by atoms with E-state index in [9.17, 15) is 19.2 Å². The average molecular weight is 386 g/mol. The van der Waals surface area contributed by atoms with Gasteiger partial charge in [0.2, 0.25) is 17.7 Å². The van der Waals surface area contributed by atoms with Crippen LogP contribution >= 0.6 is 12.6 Å². The number of carboxylic acids is 1. The van der Waals surface area contributed by atoms with Gasteiger partial charge in [0.15, 0.2) is 0 Å². The van der Waals surface area contributed by atoms with Crippen molar-refractivity contribution in [3.05, 3.63) is 18.2 Å². The number of nitrogens with two attached hydrogens (primary N) is 1. The van der Waals surface area contributed by atoms with Gasteiger partial charge >= 0.3 is 5.97 Å². The van der Waals surface area contributed by atoms with Crippen LogP contribution in [-0.4, -0.2) is 69.2 Å². The Kier molecular flexibility index (Phi) is 8.58. The van der Waals surface area contributed by atoms with Crippen molar-refractivity contribution < 1.29 is 24.3 Å². The molecule has 0 fully saturated rings. The van der Waals surface area contributed by atoms with Crippen molar-refractivity contribution in [2.45, 2.75) is 31.5 Å². The molecule has 144 valence electrons. The van der Waals surface area contributed by atoms with E-state index in [4.69, 9.17) is 10.8 Å². The van der Waals surface area contributed by atoms with E-state index in [1.807, 2.05) is 0 Å². The predicted molar refractivity (Wildman–Crippen MR) is 94.3 cm³/mol. The molecule has 0 spiro atoms. The van der Waals surface area contributed by atoms with Crippen LogP contribution in [0.5, 0.6) is 0 Å². The van der Waals surface area contributed by atoms with Gasteiger partial charge in [-0.25, -0.2) is 9.78 Å². The highest BCUT2D eigenvalue weighted by Gasteiger charge is 2.23. The quantitative estimate of drug-likeness (QED) is 0.215. The Bertz CT molecular complexity index is 638. The number of hydrogen-bond acceptors (Lipinski definition) is 7. The van der Waals surface area contributed by atoms with Gasteiger partial charge in [-0.1, -0.05) is 0 Å². The molecule has 7 N–H and O–H groups in total. The number of carbonyl (C=O) groups is 4. The summed E-state index contributed by atoms with van der Waals surface area (Å²) in [5.41, 5.74) is 6.40. The first-order valence-electron chi connectivity index (χ1n) is 7.68. The van der Waals surface area contributed by atoms with Gasteiger partial charge in [-0.3, -0.25) is 14.4 Å². The van der Waals surface area contributed by atoms with Crippen LogP contribution < -0.4 is 21.7 Å². The molecule has 0 radical (unpaired) electrons. The Hall–Kier alpha value is -2.60. The van der Waals surface area contributed by atoms with Gasteiger partial charge in [0.05, 0.1) is 18.9 Å². The van der Waals surface area contributed by atoms with Crippen LogP contribution in [0, 0.1) is 0 Å². The van der Waals surface area contributed by atoms with Gasteiger partial charge in [0.25, 0.3) is 0 Å². The topological polar surface area (TPSA) is 179 Å². The Morgan fingerprint density at radius 2 is 2.00 bits per heavy atom. The zero-order valence-electron chi connectivity index (χ0n) is 14.1. The third-order valence-electron chi connectivity index (χ3n) is 3.32. The Labute approximate surface area is 154 Å². The maximum Gasteiger partial charge on any atom is 0.327 e. The van der Waals surface area contributed by atoms with E-state index in [1.165, 1.54) is 19.4 Å². The van der Waals surface area contributed by atoms with Crippen molar-refractivity contribution >= 4 is 36.3 Å². The smallest absolute Gasteiger partial charge is 0.327 e. The SMILES string of the molecule is CC(NC(=O)CNC(=O)C(N)Cc1cnc[nH]1)C(=O)NC(CS)C(=O)O. The molecule has 26 heavy (non-hydrogen) atoms. The van der Waals surface area contributed by atoms with Crippen LogP contribution in [-0.2, 0) is 25.6 Å². The Morgan fingerprint density at radius 3 is 2.54 bits per heavy atom. The highest BCUT2D eigenvalue weighted by Crippen LogP contribution is 1.96. The molecule has 0 bridgehead atoms. The number of imidazole rings is 1. The lowest BCUT2D eigenvalue weighted by molar-refractivity contribution is -0.141. The van der Waals surface area contributed by atoms with E-state index >= 15 is 0 Å². The molecule has 0 saturated heterocycles. The summed E-state index contributed by atoms with van der Waals surface area (Å²) in [6.45, 7) is 1.01. The Balaban J connectivity index is 2.37. The number of carboxylic acid groups (broad SMARTS) is 1. The van der Waals surface area contributed by atoms with Crippen molar-refractivity contribution in [2.75, 3.05) is 12.3 Å². The minimum absolute atomic E-state index is 0.0913. The second-order valence-electron chi connectivity index (χ2n) is 5.48. The van der Waals surface area contributed by atoms with Crippen LogP contribution in [0.1, 0.15) is 12.6 Å². The number of H-pyrrole nitrogens is 1. The molecule has 1 aromatic rings. The normalized spacial score (nSPS) is 14.0. The number of carbonyl (C=O) groups excluding carboxylic acids is 3. The molecule has 0 aromatic carbocycles. The first kappa shape index (κ1) is 21.4. The van der Waals surface area contributed by atoms with E-state index in [2.05, 4.69) is 38.5 Å². The van der Waals surface area contributed by atoms with Crippen molar-refractivity contribution in [2.24, 2.45) is 5.73 Å². The largest absolute Gasteiger partial charge is 0.480 e.